The van der Waals surface area contributed by atoms with Crippen LogP contribution in [-0.2, 0) is 9.59 Å². The molecule has 6 nitrogen and oxygen atoms in total. The van der Waals surface area contributed by atoms with Gasteiger partial charge in [-0.25, -0.2) is 0 Å². The standard InChI is InChI=1S/C18H20N4O2/c1-11-3-2-4-14(7-11)22-10-13(8-17(22)23)18(24)19-16-9-15(20-21-16)12-5-6-12/h2-4,7,9,12-13H,5-6,8,10H2,1H3,(H2,19,20,21,24)/t13-/m1/s1. The van der Waals surface area contributed by atoms with Gasteiger partial charge in [0.1, 0.15) is 0 Å². The zero-order valence-corrected chi connectivity index (χ0v) is 13.6. The van der Waals surface area contributed by atoms with Crippen LogP contribution in [0.15, 0.2) is 30.3 Å². The number of aromatic nitrogens is 2. The summed E-state index contributed by atoms with van der Waals surface area (Å²) in [6.45, 7) is 2.40. The largest absolute Gasteiger partial charge is 0.312 e. The van der Waals surface area contributed by atoms with E-state index in [-0.39, 0.29) is 24.2 Å². The number of carbonyl (C=O) groups excluding carboxylic acids is 2. The third-order valence-corrected chi connectivity index (χ3v) is 4.68. The van der Waals surface area contributed by atoms with Crippen molar-refractivity contribution in [1.29, 1.82) is 0 Å². The van der Waals surface area contributed by atoms with E-state index in [2.05, 4.69) is 15.5 Å². The molecule has 1 saturated heterocycles. The van der Waals surface area contributed by atoms with Gasteiger partial charge < -0.3 is 10.2 Å². The molecule has 0 unspecified atom stereocenters. The summed E-state index contributed by atoms with van der Waals surface area (Å²) in [6, 6.07) is 9.68. The number of nitrogens with one attached hydrogen (secondary N) is 2. The van der Waals surface area contributed by atoms with Crippen molar-refractivity contribution in [2.24, 2.45) is 5.92 Å². The number of anilines is 2. The fourth-order valence-electron chi connectivity index (χ4n) is 3.16. The van der Waals surface area contributed by atoms with Gasteiger partial charge in [0.05, 0.1) is 5.92 Å². The molecule has 2 fully saturated rings. The van der Waals surface area contributed by atoms with Crippen molar-refractivity contribution in [3.63, 3.8) is 0 Å². The number of rotatable bonds is 4. The van der Waals surface area contributed by atoms with Gasteiger partial charge in [0, 0.05) is 36.3 Å². The van der Waals surface area contributed by atoms with Crippen LogP contribution in [0.2, 0.25) is 0 Å². The first-order valence-corrected chi connectivity index (χ1v) is 8.33. The van der Waals surface area contributed by atoms with Crippen molar-refractivity contribution in [3.8, 4) is 0 Å². The van der Waals surface area contributed by atoms with Gasteiger partial charge in [-0.2, -0.15) is 5.10 Å². The maximum Gasteiger partial charge on any atom is 0.231 e. The summed E-state index contributed by atoms with van der Waals surface area (Å²) >= 11 is 0. The Labute approximate surface area is 140 Å². The first-order valence-electron chi connectivity index (χ1n) is 8.33. The average molecular weight is 324 g/mol. The predicted molar refractivity (Wildman–Crippen MR) is 90.8 cm³/mol. The van der Waals surface area contributed by atoms with Crippen LogP contribution >= 0.6 is 0 Å². The Bertz CT molecular complexity index is 794. The summed E-state index contributed by atoms with van der Waals surface area (Å²) in [5, 5.41) is 9.94. The van der Waals surface area contributed by atoms with Crippen molar-refractivity contribution >= 4 is 23.3 Å². The van der Waals surface area contributed by atoms with Crippen LogP contribution in [0.4, 0.5) is 11.5 Å². The minimum Gasteiger partial charge on any atom is -0.312 e. The lowest BCUT2D eigenvalue weighted by Crippen LogP contribution is -2.28. The van der Waals surface area contributed by atoms with Crippen molar-refractivity contribution in [2.75, 3.05) is 16.8 Å². The number of aryl methyl sites for hydroxylation is 1. The molecule has 2 heterocycles. The van der Waals surface area contributed by atoms with Gasteiger partial charge in [-0.3, -0.25) is 14.7 Å². The molecule has 2 N–H and O–H groups in total. The number of H-pyrrole nitrogens is 1. The maximum atomic E-state index is 12.5. The molecule has 1 aromatic carbocycles. The monoisotopic (exact) mass is 324 g/mol. The second-order valence-corrected chi connectivity index (χ2v) is 6.72. The summed E-state index contributed by atoms with van der Waals surface area (Å²) in [7, 11) is 0. The highest BCUT2D eigenvalue weighted by Gasteiger charge is 2.35. The first kappa shape index (κ1) is 14.9. The molecule has 1 atom stereocenters. The quantitative estimate of drug-likeness (QED) is 0.907. The fourth-order valence-corrected chi connectivity index (χ4v) is 3.16. The van der Waals surface area contributed by atoms with E-state index in [1.54, 1.807) is 4.90 Å². The van der Waals surface area contributed by atoms with Crippen LogP contribution in [0.25, 0.3) is 0 Å². The lowest BCUT2D eigenvalue weighted by atomic mass is 10.1. The normalized spacial score (nSPS) is 20.5. The van der Waals surface area contributed by atoms with Crippen LogP contribution in [0.5, 0.6) is 0 Å². The molecule has 2 amide bonds. The minimum atomic E-state index is -0.348. The Kier molecular flexibility index (Phi) is 3.59. The van der Waals surface area contributed by atoms with E-state index < -0.39 is 0 Å². The molecule has 0 bridgehead atoms. The highest BCUT2D eigenvalue weighted by atomic mass is 16.2. The highest BCUT2D eigenvalue weighted by molar-refractivity contribution is 6.03. The van der Waals surface area contributed by atoms with E-state index in [0.29, 0.717) is 18.3 Å². The summed E-state index contributed by atoms with van der Waals surface area (Å²) < 4.78 is 0. The minimum absolute atomic E-state index is 0.0125. The van der Waals surface area contributed by atoms with Crippen LogP contribution in [-0.4, -0.2) is 28.6 Å². The third kappa shape index (κ3) is 2.91. The summed E-state index contributed by atoms with van der Waals surface area (Å²) in [6.07, 6.45) is 2.59. The van der Waals surface area contributed by atoms with Crippen LogP contribution in [0, 0.1) is 12.8 Å². The van der Waals surface area contributed by atoms with E-state index in [0.717, 1.165) is 16.9 Å². The van der Waals surface area contributed by atoms with Gasteiger partial charge in [-0.1, -0.05) is 12.1 Å². The summed E-state index contributed by atoms with van der Waals surface area (Å²) in [4.78, 5) is 26.4. The van der Waals surface area contributed by atoms with E-state index in [1.165, 1.54) is 12.8 Å². The smallest absolute Gasteiger partial charge is 0.231 e. The summed E-state index contributed by atoms with van der Waals surface area (Å²) in [5.74, 6) is 0.601. The molecule has 2 aliphatic rings. The SMILES string of the molecule is Cc1cccc(N2C[C@H](C(=O)Nc3cc(C4CC4)[nH]n3)CC2=O)c1. The van der Waals surface area contributed by atoms with Crippen molar-refractivity contribution in [2.45, 2.75) is 32.1 Å². The Balaban J connectivity index is 1.42. The molecule has 0 spiro atoms. The topological polar surface area (TPSA) is 78.1 Å². The Hall–Kier alpha value is -2.63. The van der Waals surface area contributed by atoms with Crippen molar-refractivity contribution in [3.05, 3.63) is 41.6 Å². The third-order valence-electron chi connectivity index (χ3n) is 4.68. The number of aromatic amines is 1. The van der Waals surface area contributed by atoms with Crippen molar-refractivity contribution in [1.82, 2.24) is 10.2 Å². The summed E-state index contributed by atoms with van der Waals surface area (Å²) in [5.41, 5.74) is 3.03. The Morgan fingerprint density at radius 1 is 1.33 bits per heavy atom. The van der Waals surface area contributed by atoms with E-state index in [9.17, 15) is 9.59 Å². The molecule has 1 aromatic heterocycles. The molecular weight excluding hydrogens is 304 g/mol. The predicted octanol–water partition coefficient (Wildman–Crippen LogP) is 2.59. The molecule has 1 aliphatic carbocycles. The lowest BCUT2D eigenvalue weighted by molar-refractivity contribution is -0.122. The zero-order valence-electron chi connectivity index (χ0n) is 13.6. The van der Waals surface area contributed by atoms with Gasteiger partial charge in [-0.15, -0.1) is 0 Å². The van der Waals surface area contributed by atoms with Gasteiger partial charge in [0.15, 0.2) is 5.82 Å². The molecule has 1 aliphatic heterocycles. The Morgan fingerprint density at radius 2 is 2.17 bits per heavy atom. The average Bonchev–Trinajstić information content (AvgIpc) is 3.18. The number of nitrogens with zero attached hydrogens (tertiary/aromatic N) is 2. The molecule has 124 valence electrons. The number of amides is 2. The fraction of sp³-hybridized carbons (Fsp3) is 0.389. The second-order valence-electron chi connectivity index (χ2n) is 6.72. The Morgan fingerprint density at radius 3 is 2.92 bits per heavy atom. The van der Waals surface area contributed by atoms with Gasteiger partial charge >= 0.3 is 0 Å². The van der Waals surface area contributed by atoms with Crippen LogP contribution in [0.1, 0.15) is 36.4 Å². The van der Waals surface area contributed by atoms with Gasteiger partial charge in [0.25, 0.3) is 0 Å². The van der Waals surface area contributed by atoms with Crippen LogP contribution < -0.4 is 10.2 Å². The molecule has 24 heavy (non-hydrogen) atoms. The molecule has 1 saturated carbocycles. The molecular formula is C18H20N4O2. The lowest BCUT2D eigenvalue weighted by Gasteiger charge is -2.17. The van der Waals surface area contributed by atoms with Gasteiger partial charge in [0.2, 0.25) is 11.8 Å². The van der Waals surface area contributed by atoms with Crippen LogP contribution in [0.3, 0.4) is 0 Å². The number of hydrogen-bond donors (Lipinski definition) is 2. The number of carbonyl (C=O) groups is 2. The number of benzene rings is 1. The molecule has 0 radical (unpaired) electrons. The maximum absolute atomic E-state index is 12.5. The number of hydrogen-bond acceptors (Lipinski definition) is 3. The van der Waals surface area contributed by atoms with E-state index in [1.807, 2.05) is 37.3 Å². The first-order chi connectivity index (χ1) is 11.6. The van der Waals surface area contributed by atoms with E-state index >= 15 is 0 Å². The van der Waals surface area contributed by atoms with Crippen molar-refractivity contribution < 1.29 is 9.59 Å². The van der Waals surface area contributed by atoms with E-state index in [4.69, 9.17) is 0 Å². The highest BCUT2D eigenvalue weighted by Crippen LogP contribution is 2.39. The second kappa shape index (κ2) is 5.78. The molecule has 4 rings (SSSR count). The molecule has 6 heteroatoms. The molecule has 2 aromatic rings. The van der Waals surface area contributed by atoms with Gasteiger partial charge in [-0.05, 0) is 37.5 Å². The zero-order chi connectivity index (χ0) is 16.7.